The predicted molar refractivity (Wildman–Crippen MR) is 160 cm³/mol. The first-order valence-electron chi connectivity index (χ1n) is 14.4. The molecule has 1 N–H and O–H groups in total. The highest BCUT2D eigenvalue weighted by molar-refractivity contribution is 7.14. The van der Waals surface area contributed by atoms with E-state index in [9.17, 15) is 9.59 Å². The summed E-state index contributed by atoms with van der Waals surface area (Å²) in [5.74, 6) is 0.369. The Morgan fingerprint density at radius 2 is 1.60 bits per heavy atom. The zero-order valence-electron chi connectivity index (χ0n) is 22.7. The van der Waals surface area contributed by atoms with Gasteiger partial charge in [0.25, 0.3) is 5.91 Å². The second-order valence-corrected chi connectivity index (χ2v) is 12.2. The Morgan fingerprint density at radius 3 is 2.27 bits per heavy atom. The molecule has 1 saturated heterocycles. The Labute approximate surface area is 239 Å². The van der Waals surface area contributed by atoms with Gasteiger partial charge in [-0.3, -0.25) is 9.59 Å². The third-order valence-electron chi connectivity index (χ3n) is 9.34. The van der Waals surface area contributed by atoms with Gasteiger partial charge in [0, 0.05) is 41.4 Å². The normalized spacial score (nSPS) is 22.9. The van der Waals surface area contributed by atoms with Crippen molar-refractivity contribution >= 4 is 28.3 Å². The van der Waals surface area contributed by atoms with E-state index in [-0.39, 0.29) is 23.7 Å². The van der Waals surface area contributed by atoms with Crippen LogP contribution in [0.1, 0.15) is 83.5 Å². The van der Waals surface area contributed by atoms with Crippen molar-refractivity contribution in [1.82, 2.24) is 9.88 Å². The van der Waals surface area contributed by atoms with E-state index in [1.54, 1.807) is 0 Å². The van der Waals surface area contributed by atoms with Crippen molar-refractivity contribution in [2.75, 3.05) is 18.4 Å². The topological polar surface area (TPSA) is 62.3 Å². The Balaban J connectivity index is 1.16. The SMILES string of the molecule is CCC1(C(=O)Nc2nc(-c3cccc(C(=O)N4CCCCC4)c3)cs2)CC2c3ccccc3C1c1ccccc12. The van der Waals surface area contributed by atoms with Gasteiger partial charge in [0.05, 0.1) is 11.1 Å². The minimum absolute atomic E-state index is 0.0202. The number of thiazole rings is 1. The number of rotatable bonds is 5. The number of benzene rings is 3. The summed E-state index contributed by atoms with van der Waals surface area (Å²) >= 11 is 1.44. The molecule has 1 aliphatic heterocycles. The molecule has 4 aromatic rings. The third-order valence-corrected chi connectivity index (χ3v) is 10.1. The van der Waals surface area contributed by atoms with Gasteiger partial charge in [-0.1, -0.05) is 67.6 Å². The van der Waals surface area contributed by atoms with Crippen LogP contribution >= 0.6 is 11.3 Å². The van der Waals surface area contributed by atoms with Crippen LogP contribution in [0.2, 0.25) is 0 Å². The summed E-state index contributed by atoms with van der Waals surface area (Å²) in [6.07, 6.45) is 4.88. The Bertz CT molecular complexity index is 1560. The molecule has 3 aliphatic carbocycles. The summed E-state index contributed by atoms with van der Waals surface area (Å²) in [5.41, 5.74) is 7.11. The number of anilines is 1. The minimum atomic E-state index is -0.542. The molecular weight excluding hydrogens is 514 g/mol. The average molecular weight is 548 g/mol. The third kappa shape index (κ3) is 4.00. The Morgan fingerprint density at radius 1 is 0.925 bits per heavy atom. The summed E-state index contributed by atoms with van der Waals surface area (Å²) in [6.45, 7) is 3.79. The van der Waals surface area contributed by atoms with Crippen LogP contribution in [0.4, 0.5) is 5.13 Å². The zero-order chi connectivity index (χ0) is 27.3. The largest absolute Gasteiger partial charge is 0.339 e. The molecule has 1 unspecified atom stereocenters. The molecule has 40 heavy (non-hydrogen) atoms. The number of nitrogens with one attached hydrogen (secondary N) is 1. The fraction of sp³-hybridized carbons (Fsp3) is 0.324. The molecular formula is C34H33N3O2S. The lowest BCUT2D eigenvalue weighted by Crippen LogP contribution is -2.48. The quantitative estimate of drug-likeness (QED) is 0.282. The molecule has 1 atom stereocenters. The van der Waals surface area contributed by atoms with Gasteiger partial charge in [-0.2, -0.15) is 0 Å². The number of fused-ring (bicyclic) bond motifs is 1. The van der Waals surface area contributed by atoms with Gasteiger partial charge >= 0.3 is 0 Å². The van der Waals surface area contributed by atoms with E-state index in [0.717, 1.165) is 50.0 Å². The lowest BCUT2D eigenvalue weighted by Gasteiger charge is -2.52. The summed E-state index contributed by atoms with van der Waals surface area (Å²) in [6, 6.07) is 25.0. The molecule has 3 aromatic carbocycles. The van der Waals surface area contributed by atoms with E-state index in [1.165, 1.54) is 40.0 Å². The molecule has 5 nitrogen and oxygen atoms in total. The molecule has 1 aromatic heterocycles. The van der Waals surface area contributed by atoms with E-state index in [2.05, 4.69) is 60.8 Å². The molecule has 8 rings (SSSR count). The van der Waals surface area contributed by atoms with Crippen molar-refractivity contribution in [1.29, 1.82) is 0 Å². The van der Waals surface area contributed by atoms with E-state index in [4.69, 9.17) is 4.98 Å². The number of amides is 2. The second kappa shape index (κ2) is 10.0. The molecule has 0 spiro atoms. The van der Waals surface area contributed by atoms with Crippen molar-refractivity contribution in [3.05, 3.63) is 106 Å². The van der Waals surface area contributed by atoms with Crippen molar-refractivity contribution in [2.24, 2.45) is 5.41 Å². The van der Waals surface area contributed by atoms with Crippen molar-refractivity contribution < 1.29 is 9.59 Å². The van der Waals surface area contributed by atoms with Crippen LogP contribution in [0, 0.1) is 5.41 Å². The van der Waals surface area contributed by atoms with Gasteiger partial charge < -0.3 is 10.2 Å². The molecule has 6 heteroatoms. The minimum Gasteiger partial charge on any atom is -0.339 e. The standard InChI is InChI=1S/C34H33N3O2S/c1-2-34(20-28-24-13-4-6-15-26(24)30(34)27-16-7-5-14-25(27)28)32(39)36-33-35-29(21-40-33)22-11-10-12-23(19-22)31(38)37-17-8-3-9-18-37/h4-7,10-16,19,21,28,30H,2-3,8-9,17-18,20H2,1H3,(H,35,36,39). The van der Waals surface area contributed by atoms with Gasteiger partial charge in [0.2, 0.25) is 5.91 Å². The fourth-order valence-corrected chi connectivity index (χ4v) is 8.04. The number of likely N-dealkylation sites (tertiary alicyclic amines) is 1. The molecule has 2 amide bonds. The highest BCUT2D eigenvalue weighted by atomic mass is 32.1. The predicted octanol–water partition coefficient (Wildman–Crippen LogP) is 7.45. The summed E-state index contributed by atoms with van der Waals surface area (Å²) in [7, 11) is 0. The molecule has 0 saturated carbocycles. The lowest BCUT2D eigenvalue weighted by molar-refractivity contribution is -0.128. The highest BCUT2D eigenvalue weighted by Crippen LogP contribution is 2.62. The van der Waals surface area contributed by atoms with E-state index in [1.807, 2.05) is 34.5 Å². The monoisotopic (exact) mass is 547 g/mol. The lowest BCUT2D eigenvalue weighted by atomic mass is 9.51. The molecule has 1 fully saturated rings. The number of piperidine rings is 1. The van der Waals surface area contributed by atoms with Crippen LogP contribution in [0.15, 0.2) is 78.2 Å². The molecule has 4 aliphatic rings. The van der Waals surface area contributed by atoms with Crippen LogP contribution < -0.4 is 5.32 Å². The van der Waals surface area contributed by atoms with Gasteiger partial charge in [-0.05, 0) is 66.5 Å². The highest BCUT2D eigenvalue weighted by Gasteiger charge is 2.55. The Kier molecular flexibility index (Phi) is 6.31. The van der Waals surface area contributed by atoms with Crippen LogP contribution in [0.5, 0.6) is 0 Å². The first-order chi connectivity index (χ1) is 19.6. The number of aromatic nitrogens is 1. The first kappa shape index (κ1) is 25.2. The maximum absolute atomic E-state index is 14.2. The van der Waals surface area contributed by atoms with Gasteiger partial charge in [0.1, 0.15) is 0 Å². The van der Waals surface area contributed by atoms with Gasteiger partial charge in [0.15, 0.2) is 5.13 Å². The van der Waals surface area contributed by atoms with Crippen LogP contribution in [0.3, 0.4) is 0 Å². The van der Waals surface area contributed by atoms with E-state index in [0.29, 0.717) is 10.7 Å². The second-order valence-electron chi connectivity index (χ2n) is 11.4. The van der Waals surface area contributed by atoms with Crippen molar-refractivity contribution in [2.45, 2.75) is 50.9 Å². The van der Waals surface area contributed by atoms with E-state index < -0.39 is 5.41 Å². The van der Waals surface area contributed by atoms with Gasteiger partial charge in [-0.15, -0.1) is 11.3 Å². The molecule has 2 heterocycles. The van der Waals surface area contributed by atoms with Crippen LogP contribution in [-0.4, -0.2) is 34.8 Å². The average Bonchev–Trinajstić information content (AvgIpc) is 3.49. The first-order valence-corrected chi connectivity index (χ1v) is 15.3. The number of carbonyl (C=O) groups excluding carboxylic acids is 2. The molecule has 0 radical (unpaired) electrons. The maximum Gasteiger partial charge on any atom is 0.253 e. The smallest absolute Gasteiger partial charge is 0.253 e. The maximum atomic E-state index is 14.2. The Hall–Kier alpha value is -3.77. The number of hydrogen-bond acceptors (Lipinski definition) is 4. The van der Waals surface area contributed by atoms with Crippen LogP contribution in [-0.2, 0) is 4.79 Å². The summed E-state index contributed by atoms with van der Waals surface area (Å²) in [4.78, 5) is 34.0. The summed E-state index contributed by atoms with van der Waals surface area (Å²) in [5, 5.41) is 5.79. The van der Waals surface area contributed by atoms with Gasteiger partial charge in [-0.25, -0.2) is 4.98 Å². The molecule has 2 bridgehead atoms. The number of nitrogens with zero attached hydrogens (tertiary/aromatic N) is 2. The van der Waals surface area contributed by atoms with E-state index >= 15 is 0 Å². The molecule has 202 valence electrons. The van der Waals surface area contributed by atoms with Crippen molar-refractivity contribution in [3.63, 3.8) is 0 Å². The van der Waals surface area contributed by atoms with Crippen LogP contribution in [0.25, 0.3) is 11.3 Å². The van der Waals surface area contributed by atoms with Crippen molar-refractivity contribution in [3.8, 4) is 11.3 Å². The number of hydrogen-bond donors (Lipinski definition) is 1. The summed E-state index contributed by atoms with van der Waals surface area (Å²) < 4.78 is 0. The number of carbonyl (C=O) groups is 2. The fourth-order valence-electron chi connectivity index (χ4n) is 7.32. The zero-order valence-corrected chi connectivity index (χ0v) is 23.5.